The lowest BCUT2D eigenvalue weighted by Crippen LogP contribution is -2.32. The number of nitro groups is 1. The molecule has 0 fully saturated rings. The van der Waals surface area contributed by atoms with Crippen LogP contribution in [0.3, 0.4) is 0 Å². The second kappa shape index (κ2) is 11.4. The minimum atomic E-state index is -0.577. The molecule has 0 spiro atoms. The number of rotatable bonds is 5. The predicted octanol–water partition coefficient (Wildman–Crippen LogP) is 1.05. The number of benzene rings is 1. The SMILES string of the molecule is NCCN.NCCNC(=S)Nc1c(Cl)cc([N+](=O)[O-])cc1Cl. The third-order valence-corrected chi connectivity index (χ3v) is 2.92. The van der Waals surface area contributed by atoms with Crippen LogP contribution in [0.1, 0.15) is 0 Å². The molecule has 0 amide bonds. The molecule has 0 heterocycles. The van der Waals surface area contributed by atoms with Gasteiger partial charge < -0.3 is 27.8 Å². The van der Waals surface area contributed by atoms with Crippen molar-refractivity contribution in [3.05, 3.63) is 32.3 Å². The van der Waals surface area contributed by atoms with Gasteiger partial charge in [-0.15, -0.1) is 0 Å². The van der Waals surface area contributed by atoms with E-state index in [1.807, 2.05) is 0 Å². The zero-order valence-electron chi connectivity index (χ0n) is 11.6. The van der Waals surface area contributed by atoms with Crippen LogP contribution in [0.5, 0.6) is 0 Å². The molecule has 22 heavy (non-hydrogen) atoms. The average Bonchev–Trinajstić information content (AvgIpc) is 2.48. The summed E-state index contributed by atoms with van der Waals surface area (Å²) < 4.78 is 0. The quantitative estimate of drug-likeness (QED) is 0.294. The highest BCUT2D eigenvalue weighted by Gasteiger charge is 2.15. The first-order chi connectivity index (χ1) is 10.4. The van der Waals surface area contributed by atoms with E-state index in [4.69, 9.17) is 52.6 Å². The predicted molar refractivity (Wildman–Crippen MR) is 94.5 cm³/mol. The molecule has 0 aromatic heterocycles. The zero-order valence-corrected chi connectivity index (χ0v) is 14.0. The lowest BCUT2D eigenvalue weighted by atomic mass is 10.3. The lowest BCUT2D eigenvalue weighted by molar-refractivity contribution is -0.384. The third kappa shape index (κ3) is 7.69. The van der Waals surface area contributed by atoms with Crippen LogP contribution in [-0.2, 0) is 0 Å². The number of thiocarbonyl (C=S) groups is 1. The monoisotopic (exact) mass is 368 g/mol. The Morgan fingerprint density at radius 1 is 1.18 bits per heavy atom. The van der Waals surface area contributed by atoms with E-state index in [1.165, 1.54) is 12.1 Å². The Bertz CT molecular complexity index is 492. The number of halogens is 2. The van der Waals surface area contributed by atoms with Gasteiger partial charge in [0.15, 0.2) is 5.11 Å². The molecule has 0 radical (unpaired) electrons. The summed E-state index contributed by atoms with van der Waals surface area (Å²) in [5.74, 6) is 0. The number of nitrogens with zero attached hydrogens (tertiary/aromatic N) is 1. The maximum Gasteiger partial charge on any atom is 0.272 e. The summed E-state index contributed by atoms with van der Waals surface area (Å²) in [5, 5.41) is 16.7. The van der Waals surface area contributed by atoms with Gasteiger partial charge >= 0.3 is 0 Å². The van der Waals surface area contributed by atoms with Gasteiger partial charge in [0.2, 0.25) is 0 Å². The van der Waals surface area contributed by atoms with E-state index < -0.39 is 4.92 Å². The van der Waals surface area contributed by atoms with Crippen molar-refractivity contribution in [1.29, 1.82) is 0 Å². The van der Waals surface area contributed by atoms with Gasteiger partial charge in [0.25, 0.3) is 5.69 Å². The third-order valence-electron chi connectivity index (χ3n) is 2.07. The fraction of sp³-hybridized carbons (Fsp3) is 0.364. The standard InChI is InChI=1S/C9H10Cl2N4O2S.C2H8N2/c10-6-3-5(15(16)17)4-7(11)8(6)14-9(18)13-2-1-12;3-1-2-4/h3-4H,1-2,12H2,(H2,13,14,18);1-4H2. The normalized spacial score (nSPS) is 9.50. The molecule has 0 aliphatic rings. The molecule has 8 N–H and O–H groups in total. The number of hydrogen-bond donors (Lipinski definition) is 5. The number of anilines is 1. The van der Waals surface area contributed by atoms with E-state index >= 15 is 0 Å². The van der Waals surface area contributed by atoms with Gasteiger partial charge in [-0.25, -0.2) is 0 Å². The lowest BCUT2D eigenvalue weighted by Gasteiger charge is -2.12. The van der Waals surface area contributed by atoms with Crippen LogP contribution >= 0.6 is 35.4 Å². The van der Waals surface area contributed by atoms with Crippen LogP contribution in [-0.4, -0.2) is 36.2 Å². The Labute approximate surface area is 143 Å². The summed E-state index contributed by atoms with van der Waals surface area (Å²) in [5.41, 5.74) is 15.2. The van der Waals surface area contributed by atoms with Crippen molar-refractivity contribution in [3.8, 4) is 0 Å². The molecule has 8 nitrogen and oxygen atoms in total. The summed E-state index contributed by atoms with van der Waals surface area (Å²) in [6, 6.07) is 2.39. The highest BCUT2D eigenvalue weighted by Crippen LogP contribution is 2.34. The van der Waals surface area contributed by atoms with Crippen LogP contribution in [0.15, 0.2) is 12.1 Å². The van der Waals surface area contributed by atoms with E-state index in [2.05, 4.69) is 10.6 Å². The summed E-state index contributed by atoms with van der Waals surface area (Å²) in [7, 11) is 0. The molecule has 1 aromatic carbocycles. The fourth-order valence-corrected chi connectivity index (χ4v) is 1.90. The Balaban J connectivity index is 0.000000980. The van der Waals surface area contributed by atoms with E-state index in [-0.39, 0.29) is 20.8 Å². The van der Waals surface area contributed by atoms with Crippen molar-refractivity contribution in [2.24, 2.45) is 17.2 Å². The first-order valence-electron chi connectivity index (χ1n) is 6.15. The largest absolute Gasteiger partial charge is 0.361 e. The van der Waals surface area contributed by atoms with Crippen LogP contribution in [0, 0.1) is 10.1 Å². The summed E-state index contributed by atoms with van der Waals surface area (Å²) in [4.78, 5) is 10.0. The van der Waals surface area contributed by atoms with E-state index in [0.29, 0.717) is 31.9 Å². The van der Waals surface area contributed by atoms with Gasteiger partial charge in [-0.2, -0.15) is 0 Å². The van der Waals surface area contributed by atoms with Gasteiger partial charge in [0.05, 0.1) is 20.7 Å². The van der Waals surface area contributed by atoms with Crippen molar-refractivity contribution in [3.63, 3.8) is 0 Å². The van der Waals surface area contributed by atoms with Gasteiger partial charge in [0.1, 0.15) is 0 Å². The maximum absolute atomic E-state index is 10.6. The van der Waals surface area contributed by atoms with Crippen molar-refractivity contribution in [2.75, 3.05) is 31.5 Å². The van der Waals surface area contributed by atoms with Gasteiger partial charge in [-0.1, -0.05) is 23.2 Å². The number of nitrogens with two attached hydrogens (primary N) is 3. The molecule has 0 unspecified atom stereocenters. The highest BCUT2D eigenvalue weighted by atomic mass is 35.5. The second-order valence-electron chi connectivity index (χ2n) is 3.79. The Morgan fingerprint density at radius 3 is 2.05 bits per heavy atom. The first kappa shape index (κ1) is 20.8. The molecule has 11 heteroatoms. The summed E-state index contributed by atoms with van der Waals surface area (Å²) in [6.07, 6.45) is 0. The van der Waals surface area contributed by atoms with Crippen molar-refractivity contribution in [2.45, 2.75) is 0 Å². The molecular weight excluding hydrogens is 351 g/mol. The highest BCUT2D eigenvalue weighted by molar-refractivity contribution is 7.80. The minimum Gasteiger partial charge on any atom is -0.361 e. The van der Waals surface area contributed by atoms with Gasteiger partial charge in [-0.3, -0.25) is 10.1 Å². The maximum atomic E-state index is 10.6. The fourth-order valence-electron chi connectivity index (χ4n) is 1.13. The average molecular weight is 369 g/mol. The zero-order chi connectivity index (χ0) is 17.1. The summed E-state index contributed by atoms with van der Waals surface area (Å²) in [6.45, 7) is 2.11. The van der Waals surface area contributed by atoms with E-state index in [0.717, 1.165) is 0 Å². The number of non-ortho nitro benzene ring substituents is 1. The Hall–Kier alpha value is -1.23. The first-order valence-corrected chi connectivity index (χ1v) is 7.32. The van der Waals surface area contributed by atoms with Gasteiger partial charge in [0, 0.05) is 38.3 Å². The molecule has 0 saturated carbocycles. The number of nitrogens with one attached hydrogen (secondary N) is 2. The molecule has 0 saturated heterocycles. The molecule has 0 aliphatic heterocycles. The van der Waals surface area contributed by atoms with E-state index in [9.17, 15) is 10.1 Å². The molecule has 0 atom stereocenters. The topological polar surface area (TPSA) is 145 Å². The molecule has 1 rings (SSSR count). The van der Waals surface area contributed by atoms with Crippen molar-refractivity contribution >= 4 is 51.9 Å². The minimum absolute atomic E-state index is 0.117. The van der Waals surface area contributed by atoms with Crippen molar-refractivity contribution in [1.82, 2.24) is 5.32 Å². The van der Waals surface area contributed by atoms with Crippen LogP contribution in [0.2, 0.25) is 10.0 Å². The molecular formula is C11H18Cl2N6O2S. The molecule has 1 aromatic rings. The number of nitro benzene ring substituents is 1. The molecule has 124 valence electrons. The molecule has 0 bridgehead atoms. The van der Waals surface area contributed by atoms with Crippen LogP contribution in [0.4, 0.5) is 11.4 Å². The number of hydrogen-bond acceptors (Lipinski definition) is 6. The van der Waals surface area contributed by atoms with E-state index in [1.54, 1.807) is 0 Å². The Kier molecular flexibility index (Phi) is 10.7. The smallest absolute Gasteiger partial charge is 0.272 e. The Morgan fingerprint density at radius 2 is 1.68 bits per heavy atom. The van der Waals surface area contributed by atoms with Gasteiger partial charge in [-0.05, 0) is 12.2 Å². The summed E-state index contributed by atoms with van der Waals surface area (Å²) >= 11 is 16.8. The second-order valence-corrected chi connectivity index (χ2v) is 5.01. The molecule has 0 aliphatic carbocycles. The van der Waals surface area contributed by atoms with Crippen LogP contribution in [0.25, 0.3) is 0 Å². The van der Waals surface area contributed by atoms with Crippen molar-refractivity contribution < 1.29 is 4.92 Å². The van der Waals surface area contributed by atoms with Crippen LogP contribution < -0.4 is 27.8 Å².